The molecule has 1 rings (SSSR count). The summed E-state index contributed by atoms with van der Waals surface area (Å²) in [6.45, 7) is 2.11. The zero-order valence-corrected chi connectivity index (χ0v) is 11.6. The lowest BCUT2D eigenvalue weighted by atomic mass is 9.75. The van der Waals surface area contributed by atoms with Crippen molar-refractivity contribution < 1.29 is 13.6 Å². The molecule has 0 amide bonds. The van der Waals surface area contributed by atoms with Crippen molar-refractivity contribution in [1.82, 2.24) is 9.44 Å². The molecule has 0 aromatic rings. The Balaban J connectivity index is 2.93. The van der Waals surface area contributed by atoms with Crippen LogP contribution in [0.25, 0.3) is 0 Å². The van der Waals surface area contributed by atoms with E-state index in [2.05, 4.69) is 21.5 Å². The van der Waals surface area contributed by atoms with Gasteiger partial charge < -0.3 is 10.9 Å². The Bertz CT molecular complexity index is 399. The van der Waals surface area contributed by atoms with Crippen LogP contribution in [0.2, 0.25) is 0 Å². The van der Waals surface area contributed by atoms with E-state index < -0.39 is 15.7 Å². The maximum Gasteiger partial charge on any atom is 0.277 e. The minimum absolute atomic E-state index is 0.0733. The Morgan fingerprint density at radius 2 is 2.06 bits per heavy atom. The molecule has 18 heavy (non-hydrogen) atoms. The minimum atomic E-state index is -3.63. The summed E-state index contributed by atoms with van der Waals surface area (Å²) in [6, 6.07) is 0. The first-order valence-electron chi connectivity index (χ1n) is 6.09. The largest absolute Gasteiger partial charge is 0.409 e. The Morgan fingerprint density at radius 3 is 2.44 bits per heavy atom. The second-order valence-corrected chi connectivity index (χ2v) is 6.35. The maximum absolute atomic E-state index is 11.6. The first-order valence-corrected chi connectivity index (χ1v) is 7.58. The summed E-state index contributed by atoms with van der Waals surface area (Å²) >= 11 is 0. The Kier molecular flexibility index (Phi) is 4.94. The van der Waals surface area contributed by atoms with E-state index in [4.69, 9.17) is 10.9 Å². The molecule has 5 N–H and O–H groups in total. The normalized spacial score (nSPS) is 30.3. The summed E-state index contributed by atoms with van der Waals surface area (Å²) in [7, 11) is -2.31. The van der Waals surface area contributed by atoms with Gasteiger partial charge in [-0.05, 0) is 31.6 Å². The predicted molar refractivity (Wildman–Crippen MR) is 69.5 cm³/mol. The molecule has 1 aliphatic rings. The van der Waals surface area contributed by atoms with Gasteiger partial charge in [-0.2, -0.15) is 13.1 Å². The number of oxime groups is 1. The van der Waals surface area contributed by atoms with Gasteiger partial charge in [-0.25, -0.2) is 4.72 Å². The fourth-order valence-electron chi connectivity index (χ4n) is 2.39. The Morgan fingerprint density at radius 1 is 1.50 bits per heavy atom. The van der Waals surface area contributed by atoms with E-state index in [0.29, 0.717) is 18.8 Å². The Labute approximate surface area is 108 Å². The third kappa shape index (κ3) is 3.33. The molecule has 0 radical (unpaired) electrons. The summed E-state index contributed by atoms with van der Waals surface area (Å²) in [5, 5.41) is 11.8. The van der Waals surface area contributed by atoms with Crippen LogP contribution in [-0.2, 0) is 10.2 Å². The molecule has 1 saturated carbocycles. The van der Waals surface area contributed by atoms with Gasteiger partial charge in [-0.3, -0.25) is 0 Å². The zero-order valence-electron chi connectivity index (χ0n) is 10.8. The number of amidine groups is 1. The van der Waals surface area contributed by atoms with Crippen LogP contribution in [0.1, 0.15) is 39.0 Å². The molecule has 0 aromatic heterocycles. The van der Waals surface area contributed by atoms with Crippen LogP contribution >= 0.6 is 0 Å². The summed E-state index contributed by atoms with van der Waals surface area (Å²) in [4.78, 5) is 0. The van der Waals surface area contributed by atoms with Gasteiger partial charge in [-0.15, -0.1) is 0 Å². The van der Waals surface area contributed by atoms with Crippen LogP contribution < -0.4 is 15.2 Å². The van der Waals surface area contributed by atoms with E-state index in [1.165, 1.54) is 7.05 Å². The minimum Gasteiger partial charge on any atom is -0.409 e. The molecule has 0 saturated heterocycles. The lowest BCUT2D eigenvalue weighted by Crippen LogP contribution is -2.60. The predicted octanol–water partition coefficient (Wildman–Crippen LogP) is 0.126. The van der Waals surface area contributed by atoms with E-state index >= 15 is 0 Å². The van der Waals surface area contributed by atoms with Crippen molar-refractivity contribution in [2.75, 3.05) is 7.05 Å². The summed E-state index contributed by atoms with van der Waals surface area (Å²) < 4.78 is 27.9. The fraction of sp³-hybridized carbons (Fsp3) is 0.900. The first-order chi connectivity index (χ1) is 8.39. The van der Waals surface area contributed by atoms with E-state index in [1.54, 1.807) is 0 Å². The van der Waals surface area contributed by atoms with E-state index in [0.717, 1.165) is 19.3 Å². The number of nitrogens with one attached hydrogen (secondary N) is 2. The van der Waals surface area contributed by atoms with Crippen molar-refractivity contribution in [3.05, 3.63) is 0 Å². The van der Waals surface area contributed by atoms with Crippen LogP contribution in [0.3, 0.4) is 0 Å². The third-order valence-electron chi connectivity index (χ3n) is 3.73. The number of hydrogen-bond donors (Lipinski definition) is 4. The third-order valence-corrected chi connectivity index (χ3v) is 4.93. The molecule has 106 valence electrons. The first kappa shape index (κ1) is 15.2. The number of rotatable bonds is 5. The fourth-order valence-corrected chi connectivity index (χ4v) is 3.32. The highest BCUT2D eigenvalue weighted by molar-refractivity contribution is 7.87. The van der Waals surface area contributed by atoms with Crippen LogP contribution in [0.5, 0.6) is 0 Å². The standard InChI is InChI=1S/C10H22N4O3S/c1-3-8-4-6-10(7-5-8,9(11)13-15)14-18(16,17)12-2/h8,12,14-15H,3-7H2,1-2H3,(H2,11,13). The van der Waals surface area contributed by atoms with Crippen LogP contribution in [0.15, 0.2) is 5.16 Å². The van der Waals surface area contributed by atoms with Crippen LogP contribution in [0.4, 0.5) is 0 Å². The maximum atomic E-state index is 11.6. The number of nitrogens with zero attached hydrogens (tertiary/aromatic N) is 1. The van der Waals surface area contributed by atoms with Gasteiger partial charge in [0, 0.05) is 7.05 Å². The highest BCUT2D eigenvalue weighted by Gasteiger charge is 2.41. The molecule has 1 fully saturated rings. The van der Waals surface area contributed by atoms with Crippen molar-refractivity contribution in [3.8, 4) is 0 Å². The van der Waals surface area contributed by atoms with Gasteiger partial charge in [0.25, 0.3) is 10.2 Å². The lowest BCUT2D eigenvalue weighted by molar-refractivity contribution is 0.253. The van der Waals surface area contributed by atoms with Gasteiger partial charge in [0.15, 0.2) is 5.84 Å². The van der Waals surface area contributed by atoms with Gasteiger partial charge in [0.1, 0.15) is 0 Å². The number of hydrogen-bond acceptors (Lipinski definition) is 4. The van der Waals surface area contributed by atoms with Crippen molar-refractivity contribution in [3.63, 3.8) is 0 Å². The van der Waals surface area contributed by atoms with E-state index in [1.807, 2.05) is 0 Å². The summed E-state index contributed by atoms with van der Waals surface area (Å²) in [6.07, 6.45) is 3.87. The Hall–Kier alpha value is -0.860. The van der Waals surface area contributed by atoms with E-state index in [-0.39, 0.29) is 5.84 Å². The molecular weight excluding hydrogens is 256 g/mol. The zero-order chi connectivity index (χ0) is 13.8. The van der Waals surface area contributed by atoms with Gasteiger partial charge >= 0.3 is 0 Å². The lowest BCUT2D eigenvalue weighted by Gasteiger charge is -2.39. The smallest absolute Gasteiger partial charge is 0.277 e. The van der Waals surface area contributed by atoms with Crippen molar-refractivity contribution in [1.29, 1.82) is 0 Å². The molecule has 0 heterocycles. The summed E-state index contributed by atoms with van der Waals surface area (Å²) in [5.74, 6) is 0.500. The topological polar surface area (TPSA) is 117 Å². The molecule has 0 spiro atoms. The molecule has 0 aromatic carbocycles. The average molecular weight is 278 g/mol. The van der Waals surface area contributed by atoms with Crippen LogP contribution in [-0.4, -0.2) is 32.0 Å². The molecule has 0 bridgehead atoms. The van der Waals surface area contributed by atoms with Crippen molar-refractivity contribution >= 4 is 16.0 Å². The summed E-state index contributed by atoms with van der Waals surface area (Å²) in [5.41, 5.74) is 4.71. The van der Waals surface area contributed by atoms with Crippen LogP contribution in [0, 0.1) is 5.92 Å². The molecule has 7 nitrogen and oxygen atoms in total. The van der Waals surface area contributed by atoms with Crippen molar-refractivity contribution in [2.45, 2.75) is 44.6 Å². The molecule has 0 unspecified atom stereocenters. The highest BCUT2D eigenvalue weighted by atomic mass is 32.2. The van der Waals surface area contributed by atoms with Gasteiger partial charge in [0.05, 0.1) is 5.54 Å². The average Bonchev–Trinajstić information content (AvgIpc) is 2.38. The van der Waals surface area contributed by atoms with Crippen molar-refractivity contribution in [2.24, 2.45) is 16.8 Å². The molecule has 1 aliphatic carbocycles. The molecule has 0 aliphatic heterocycles. The molecule has 0 atom stereocenters. The molecule has 8 heteroatoms. The van der Waals surface area contributed by atoms with E-state index in [9.17, 15) is 8.42 Å². The second kappa shape index (κ2) is 5.85. The van der Waals surface area contributed by atoms with Gasteiger partial charge in [-0.1, -0.05) is 18.5 Å². The molecular formula is C10H22N4O3S. The second-order valence-electron chi connectivity index (χ2n) is 4.73. The monoisotopic (exact) mass is 278 g/mol. The highest BCUT2D eigenvalue weighted by Crippen LogP contribution is 2.34. The SMILES string of the molecule is CCC1CCC(NS(=O)(=O)NC)(C(N)=NO)CC1. The quantitative estimate of drug-likeness (QED) is 0.247. The van der Waals surface area contributed by atoms with Gasteiger partial charge in [0.2, 0.25) is 0 Å². The number of nitrogens with two attached hydrogens (primary N) is 1.